The zero-order chi connectivity index (χ0) is 15.6. The summed E-state index contributed by atoms with van der Waals surface area (Å²) in [6, 6.07) is 0. The first-order chi connectivity index (χ1) is 10.6. The predicted octanol–water partition coefficient (Wildman–Crippen LogP) is 1.49. The third-order valence-corrected chi connectivity index (χ3v) is 6.02. The molecule has 1 aromatic heterocycles. The van der Waals surface area contributed by atoms with Crippen molar-refractivity contribution in [3.05, 3.63) is 11.7 Å². The number of ether oxygens (including phenoxy) is 1. The largest absolute Gasteiger partial charge is 0.381 e. The molecule has 3 rings (SSSR count). The van der Waals surface area contributed by atoms with Crippen molar-refractivity contribution in [3.63, 3.8) is 0 Å². The molecule has 2 fully saturated rings. The van der Waals surface area contributed by atoms with Crippen LogP contribution in [-0.4, -0.2) is 54.9 Å². The lowest BCUT2D eigenvalue weighted by molar-refractivity contribution is 0.162. The number of hydrogen-bond donors (Lipinski definition) is 0. The maximum atomic E-state index is 12.3. The van der Waals surface area contributed by atoms with Gasteiger partial charge < -0.3 is 9.26 Å². The fraction of sp³-hybridized carbons (Fsp3) is 0.857. The SMILES string of the molecule is CCOCCS(=O)(=O)N1CCCC(c2noc(C3CC3)n2)C1. The Morgan fingerprint density at radius 3 is 2.86 bits per heavy atom. The lowest BCUT2D eigenvalue weighted by atomic mass is 9.99. The van der Waals surface area contributed by atoms with Crippen molar-refractivity contribution in [2.24, 2.45) is 0 Å². The normalized spacial score (nSPS) is 23.8. The van der Waals surface area contributed by atoms with Gasteiger partial charge in [-0.05, 0) is 32.6 Å². The Morgan fingerprint density at radius 2 is 2.14 bits per heavy atom. The van der Waals surface area contributed by atoms with Crippen LogP contribution in [-0.2, 0) is 14.8 Å². The van der Waals surface area contributed by atoms with Crippen molar-refractivity contribution in [3.8, 4) is 0 Å². The summed E-state index contributed by atoms with van der Waals surface area (Å²) >= 11 is 0. The van der Waals surface area contributed by atoms with Gasteiger partial charge in [0.25, 0.3) is 0 Å². The van der Waals surface area contributed by atoms with E-state index in [2.05, 4.69) is 10.1 Å². The van der Waals surface area contributed by atoms with E-state index >= 15 is 0 Å². The molecule has 1 aromatic rings. The van der Waals surface area contributed by atoms with Crippen molar-refractivity contribution in [1.82, 2.24) is 14.4 Å². The van der Waals surface area contributed by atoms with Gasteiger partial charge in [-0.3, -0.25) is 0 Å². The molecular weight excluding hydrogens is 306 g/mol. The van der Waals surface area contributed by atoms with E-state index in [0.717, 1.165) is 25.7 Å². The van der Waals surface area contributed by atoms with Crippen LogP contribution in [0, 0.1) is 0 Å². The monoisotopic (exact) mass is 329 g/mol. The molecule has 1 aliphatic heterocycles. The van der Waals surface area contributed by atoms with Crippen molar-refractivity contribution in [2.75, 3.05) is 32.1 Å². The Labute approximate surface area is 131 Å². The number of piperidine rings is 1. The van der Waals surface area contributed by atoms with E-state index < -0.39 is 10.0 Å². The Morgan fingerprint density at radius 1 is 1.32 bits per heavy atom. The minimum atomic E-state index is -3.27. The molecule has 0 spiro atoms. The lowest BCUT2D eigenvalue weighted by Crippen LogP contribution is -2.41. The van der Waals surface area contributed by atoms with Crippen LogP contribution in [0.25, 0.3) is 0 Å². The van der Waals surface area contributed by atoms with E-state index in [9.17, 15) is 8.42 Å². The second-order valence-electron chi connectivity index (χ2n) is 5.98. The Hall–Kier alpha value is -0.990. The maximum absolute atomic E-state index is 12.3. The summed E-state index contributed by atoms with van der Waals surface area (Å²) in [6.45, 7) is 3.65. The molecule has 2 aliphatic rings. The van der Waals surface area contributed by atoms with Gasteiger partial charge in [-0.2, -0.15) is 4.98 Å². The van der Waals surface area contributed by atoms with Gasteiger partial charge in [0.15, 0.2) is 5.82 Å². The molecular formula is C14H23N3O4S. The molecule has 0 radical (unpaired) electrons. The van der Waals surface area contributed by atoms with Gasteiger partial charge in [-0.25, -0.2) is 12.7 Å². The summed E-state index contributed by atoms with van der Waals surface area (Å²) in [4.78, 5) is 4.46. The van der Waals surface area contributed by atoms with Crippen LogP contribution in [0.4, 0.5) is 0 Å². The first kappa shape index (κ1) is 15.9. The second kappa shape index (κ2) is 6.64. The van der Waals surface area contributed by atoms with Gasteiger partial charge in [-0.15, -0.1) is 0 Å². The van der Waals surface area contributed by atoms with Gasteiger partial charge in [0.05, 0.1) is 12.4 Å². The summed E-state index contributed by atoms with van der Waals surface area (Å²) in [5.74, 6) is 1.87. The number of sulfonamides is 1. The second-order valence-corrected chi connectivity index (χ2v) is 8.06. The topological polar surface area (TPSA) is 85.5 Å². The molecule has 0 amide bonds. The summed E-state index contributed by atoms with van der Waals surface area (Å²) in [6.07, 6.45) is 3.96. The average Bonchev–Trinajstić information content (AvgIpc) is 3.25. The molecule has 2 heterocycles. The third kappa shape index (κ3) is 3.67. The van der Waals surface area contributed by atoms with Gasteiger partial charge in [-0.1, -0.05) is 5.16 Å². The molecule has 124 valence electrons. The van der Waals surface area contributed by atoms with Crippen molar-refractivity contribution in [2.45, 2.75) is 44.4 Å². The molecule has 0 N–H and O–H groups in total. The van der Waals surface area contributed by atoms with E-state index in [1.54, 1.807) is 4.31 Å². The maximum Gasteiger partial charge on any atom is 0.229 e. The Bertz CT molecular complexity index is 597. The quantitative estimate of drug-likeness (QED) is 0.705. The van der Waals surface area contributed by atoms with Crippen LogP contribution in [0.1, 0.15) is 56.2 Å². The zero-order valence-corrected chi connectivity index (χ0v) is 13.7. The van der Waals surface area contributed by atoms with E-state index in [0.29, 0.717) is 37.3 Å². The zero-order valence-electron chi connectivity index (χ0n) is 12.9. The summed E-state index contributed by atoms with van der Waals surface area (Å²) in [5.41, 5.74) is 0. The molecule has 1 aliphatic carbocycles. The van der Waals surface area contributed by atoms with Gasteiger partial charge in [0.2, 0.25) is 15.9 Å². The smallest absolute Gasteiger partial charge is 0.229 e. The Kier molecular flexibility index (Phi) is 4.79. The molecule has 1 saturated heterocycles. The fourth-order valence-corrected chi connectivity index (χ4v) is 4.15. The summed E-state index contributed by atoms with van der Waals surface area (Å²) < 4.78 is 36.7. The van der Waals surface area contributed by atoms with E-state index in [4.69, 9.17) is 9.26 Å². The molecule has 7 nitrogen and oxygen atoms in total. The molecule has 1 saturated carbocycles. The van der Waals surface area contributed by atoms with Crippen molar-refractivity contribution < 1.29 is 17.7 Å². The summed E-state index contributed by atoms with van der Waals surface area (Å²) in [7, 11) is -3.27. The molecule has 22 heavy (non-hydrogen) atoms. The molecule has 1 unspecified atom stereocenters. The van der Waals surface area contributed by atoms with Gasteiger partial charge >= 0.3 is 0 Å². The number of aromatic nitrogens is 2. The van der Waals surface area contributed by atoms with Gasteiger partial charge in [0, 0.05) is 31.5 Å². The molecule has 0 bridgehead atoms. The van der Waals surface area contributed by atoms with E-state index in [-0.39, 0.29) is 18.3 Å². The van der Waals surface area contributed by atoms with Crippen LogP contribution in [0.5, 0.6) is 0 Å². The highest BCUT2D eigenvalue weighted by atomic mass is 32.2. The molecule has 8 heteroatoms. The molecule has 1 atom stereocenters. The Balaban J connectivity index is 1.62. The van der Waals surface area contributed by atoms with Crippen molar-refractivity contribution >= 4 is 10.0 Å². The van der Waals surface area contributed by atoms with Gasteiger partial charge in [0.1, 0.15) is 0 Å². The van der Waals surface area contributed by atoms with Crippen LogP contribution >= 0.6 is 0 Å². The molecule has 0 aromatic carbocycles. The van der Waals surface area contributed by atoms with Crippen LogP contribution in [0.15, 0.2) is 4.52 Å². The number of nitrogens with zero attached hydrogens (tertiary/aromatic N) is 3. The van der Waals surface area contributed by atoms with Crippen LogP contribution in [0.3, 0.4) is 0 Å². The highest BCUT2D eigenvalue weighted by Crippen LogP contribution is 2.39. The predicted molar refractivity (Wildman–Crippen MR) is 80.1 cm³/mol. The van der Waals surface area contributed by atoms with Crippen LogP contribution in [0.2, 0.25) is 0 Å². The lowest BCUT2D eigenvalue weighted by Gasteiger charge is -2.30. The van der Waals surface area contributed by atoms with Crippen molar-refractivity contribution in [1.29, 1.82) is 0 Å². The highest BCUT2D eigenvalue weighted by Gasteiger charge is 2.34. The minimum Gasteiger partial charge on any atom is -0.381 e. The minimum absolute atomic E-state index is 0.0341. The average molecular weight is 329 g/mol. The van der Waals surface area contributed by atoms with E-state index in [1.165, 1.54) is 0 Å². The van der Waals surface area contributed by atoms with E-state index in [1.807, 2.05) is 6.92 Å². The fourth-order valence-electron chi connectivity index (χ4n) is 2.75. The third-order valence-electron chi connectivity index (χ3n) is 4.22. The number of rotatable bonds is 7. The summed E-state index contributed by atoms with van der Waals surface area (Å²) in [5, 5.41) is 4.06. The number of hydrogen-bond acceptors (Lipinski definition) is 6. The first-order valence-corrected chi connectivity index (χ1v) is 9.60. The standard InChI is InChI=1S/C14H23N3O4S/c1-2-20-8-9-22(18,19)17-7-3-4-12(10-17)13-15-14(21-16-13)11-5-6-11/h11-12H,2-10H2,1H3. The van der Waals surface area contributed by atoms with Crippen LogP contribution < -0.4 is 0 Å². The first-order valence-electron chi connectivity index (χ1n) is 7.99. The highest BCUT2D eigenvalue weighted by molar-refractivity contribution is 7.89.